The van der Waals surface area contributed by atoms with E-state index in [1.807, 2.05) is 0 Å². The Kier molecular flexibility index (Phi) is 2.65. The molecule has 1 aliphatic heterocycles. The van der Waals surface area contributed by atoms with Crippen LogP contribution >= 0.6 is 0 Å². The number of hydrogen-bond acceptors (Lipinski definition) is 1. The number of benzene rings is 1. The van der Waals surface area contributed by atoms with Crippen LogP contribution in [0, 0.1) is 29.2 Å². The molecule has 1 heterocycles. The third kappa shape index (κ3) is 1.84. The molecule has 0 saturated carbocycles. The van der Waals surface area contributed by atoms with Gasteiger partial charge in [0.25, 0.3) is 0 Å². The largest absolute Gasteiger partial charge is 0.316 e. The van der Waals surface area contributed by atoms with Gasteiger partial charge in [-0.1, -0.05) is 0 Å². The van der Waals surface area contributed by atoms with Crippen molar-refractivity contribution in [2.24, 2.45) is 5.92 Å². The Morgan fingerprint density at radius 3 is 2.00 bits per heavy atom. The smallest absolute Gasteiger partial charge is 0.165 e. The second-order valence-corrected chi connectivity index (χ2v) is 3.68. The normalized spacial score (nSPS) is 16.5. The van der Waals surface area contributed by atoms with Gasteiger partial charge in [-0.05, 0) is 25.4 Å². The second-order valence-electron chi connectivity index (χ2n) is 3.68. The van der Waals surface area contributed by atoms with Gasteiger partial charge in [0.05, 0.1) is 0 Å². The maximum atomic E-state index is 13.2. The van der Waals surface area contributed by atoms with Crippen LogP contribution in [0.5, 0.6) is 0 Å². The first-order valence-corrected chi connectivity index (χ1v) is 4.62. The van der Waals surface area contributed by atoms with Gasteiger partial charge < -0.3 is 5.32 Å². The molecule has 82 valence electrons. The molecule has 0 aromatic heterocycles. The van der Waals surface area contributed by atoms with Crippen molar-refractivity contribution in [1.29, 1.82) is 0 Å². The van der Waals surface area contributed by atoms with E-state index in [4.69, 9.17) is 0 Å². The van der Waals surface area contributed by atoms with Crippen molar-refractivity contribution in [3.8, 4) is 0 Å². The lowest BCUT2D eigenvalue weighted by molar-refractivity contribution is 0.331. The number of nitrogens with one attached hydrogen (secondary N) is 1. The van der Waals surface area contributed by atoms with Crippen LogP contribution < -0.4 is 5.32 Å². The van der Waals surface area contributed by atoms with Crippen LogP contribution in [0.15, 0.2) is 6.07 Å². The topological polar surface area (TPSA) is 12.0 Å². The first-order chi connectivity index (χ1) is 7.09. The highest BCUT2D eigenvalue weighted by Gasteiger charge is 2.24. The van der Waals surface area contributed by atoms with Gasteiger partial charge in [0, 0.05) is 11.6 Å². The molecule has 0 bridgehead atoms. The molecule has 15 heavy (non-hydrogen) atoms. The van der Waals surface area contributed by atoms with Crippen molar-refractivity contribution < 1.29 is 17.6 Å². The van der Waals surface area contributed by atoms with Crippen LogP contribution in [-0.2, 0) is 6.42 Å². The molecule has 1 aliphatic rings. The van der Waals surface area contributed by atoms with E-state index < -0.39 is 28.8 Å². The highest BCUT2D eigenvalue weighted by molar-refractivity contribution is 5.23. The molecular weight excluding hydrogens is 210 g/mol. The Hall–Kier alpha value is -1.10. The quantitative estimate of drug-likeness (QED) is 0.592. The molecule has 1 aromatic carbocycles. The van der Waals surface area contributed by atoms with E-state index in [9.17, 15) is 17.6 Å². The molecule has 0 amide bonds. The fraction of sp³-hybridized carbons (Fsp3) is 0.400. The van der Waals surface area contributed by atoms with Crippen LogP contribution in [0.25, 0.3) is 0 Å². The lowest BCUT2D eigenvalue weighted by atomic mass is 9.93. The van der Waals surface area contributed by atoms with Crippen molar-refractivity contribution in [2.45, 2.75) is 6.42 Å². The van der Waals surface area contributed by atoms with Gasteiger partial charge in [-0.3, -0.25) is 0 Å². The standard InChI is InChI=1S/C10H9F4N/c11-7-2-8(12)10(14)6(9(7)13)1-5-3-15-4-5/h2,5,15H,1,3-4H2. The number of hydrogen-bond donors (Lipinski definition) is 1. The molecule has 5 heteroatoms. The summed E-state index contributed by atoms with van der Waals surface area (Å²) >= 11 is 0. The predicted octanol–water partition coefficient (Wildman–Crippen LogP) is 2.00. The molecule has 0 atom stereocenters. The van der Waals surface area contributed by atoms with Crippen LogP contribution in [0.1, 0.15) is 5.56 Å². The number of halogens is 4. The van der Waals surface area contributed by atoms with E-state index in [-0.39, 0.29) is 18.4 Å². The van der Waals surface area contributed by atoms with E-state index >= 15 is 0 Å². The van der Waals surface area contributed by atoms with Gasteiger partial charge >= 0.3 is 0 Å². The Labute approximate surface area is 84.1 Å². The molecule has 1 saturated heterocycles. The Balaban J connectivity index is 2.34. The molecule has 0 spiro atoms. The van der Waals surface area contributed by atoms with Gasteiger partial charge in [-0.25, -0.2) is 17.6 Å². The van der Waals surface area contributed by atoms with Crippen molar-refractivity contribution in [3.05, 3.63) is 34.9 Å². The lowest BCUT2D eigenvalue weighted by Gasteiger charge is -2.27. The minimum absolute atomic E-state index is 0.0271. The maximum absolute atomic E-state index is 13.2. The predicted molar refractivity (Wildman–Crippen MR) is 46.3 cm³/mol. The van der Waals surface area contributed by atoms with Crippen LogP contribution in [0.4, 0.5) is 17.6 Å². The van der Waals surface area contributed by atoms with E-state index in [1.165, 1.54) is 0 Å². The zero-order valence-electron chi connectivity index (χ0n) is 7.79. The van der Waals surface area contributed by atoms with Crippen LogP contribution in [0.3, 0.4) is 0 Å². The van der Waals surface area contributed by atoms with E-state index in [1.54, 1.807) is 0 Å². The van der Waals surface area contributed by atoms with Gasteiger partial charge in [0.15, 0.2) is 23.3 Å². The Morgan fingerprint density at radius 1 is 1.07 bits per heavy atom. The van der Waals surface area contributed by atoms with E-state index in [2.05, 4.69) is 5.32 Å². The summed E-state index contributed by atoms with van der Waals surface area (Å²) in [6.07, 6.45) is 0.0271. The first kappa shape index (κ1) is 10.4. The van der Waals surface area contributed by atoms with Crippen molar-refractivity contribution in [1.82, 2.24) is 5.32 Å². The summed E-state index contributed by atoms with van der Waals surface area (Å²) in [6, 6.07) is 0.229. The number of rotatable bonds is 2. The summed E-state index contributed by atoms with van der Waals surface area (Å²) in [4.78, 5) is 0. The van der Waals surface area contributed by atoms with Gasteiger partial charge in [-0.15, -0.1) is 0 Å². The molecule has 1 N–H and O–H groups in total. The molecule has 2 rings (SSSR count). The molecule has 0 unspecified atom stereocenters. The third-order valence-electron chi connectivity index (χ3n) is 2.56. The van der Waals surface area contributed by atoms with Gasteiger partial charge in [-0.2, -0.15) is 0 Å². The summed E-state index contributed by atoms with van der Waals surface area (Å²) in [7, 11) is 0. The highest BCUT2D eigenvalue weighted by atomic mass is 19.2. The van der Waals surface area contributed by atoms with Crippen molar-refractivity contribution >= 4 is 0 Å². The Morgan fingerprint density at radius 2 is 1.60 bits per heavy atom. The molecule has 1 fully saturated rings. The summed E-state index contributed by atoms with van der Waals surface area (Å²) < 4.78 is 51.9. The Bertz CT molecular complexity index is 361. The lowest BCUT2D eigenvalue weighted by Crippen LogP contribution is -2.43. The maximum Gasteiger partial charge on any atom is 0.165 e. The minimum Gasteiger partial charge on any atom is -0.316 e. The molecule has 0 radical (unpaired) electrons. The van der Waals surface area contributed by atoms with E-state index in [0.717, 1.165) is 0 Å². The first-order valence-electron chi connectivity index (χ1n) is 4.62. The summed E-state index contributed by atoms with van der Waals surface area (Å²) in [5.74, 6) is -5.18. The fourth-order valence-electron chi connectivity index (χ4n) is 1.58. The zero-order chi connectivity index (χ0) is 11.0. The molecule has 0 aliphatic carbocycles. The minimum atomic E-state index is -1.34. The fourth-order valence-corrected chi connectivity index (χ4v) is 1.58. The van der Waals surface area contributed by atoms with Gasteiger partial charge in [0.2, 0.25) is 0 Å². The average molecular weight is 219 g/mol. The molecule has 1 aromatic rings. The van der Waals surface area contributed by atoms with Crippen LogP contribution in [-0.4, -0.2) is 13.1 Å². The molecular formula is C10H9F4N. The van der Waals surface area contributed by atoms with Gasteiger partial charge in [0.1, 0.15) is 0 Å². The summed E-state index contributed by atoms with van der Waals surface area (Å²) in [5, 5.41) is 2.92. The SMILES string of the molecule is Fc1cc(F)c(F)c(CC2CNC2)c1F. The second kappa shape index (κ2) is 3.81. The van der Waals surface area contributed by atoms with Crippen molar-refractivity contribution in [2.75, 3.05) is 13.1 Å². The van der Waals surface area contributed by atoms with E-state index in [0.29, 0.717) is 13.1 Å². The summed E-state index contributed by atoms with van der Waals surface area (Å²) in [5.41, 5.74) is -0.487. The molecule has 1 nitrogen and oxygen atoms in total. The third-order valence-corrected chi connectivity index (χ3v) is 2.56. The van der Waals surface area contributed by atoms with Crippen molar-refractivity contribution in [3.63, 3.8) is 0 Å². The highest BCUT2D eigenvalue weighted by Crippen LogP contribution is 2.23. The van der Waals surface area contributed by atoms with Crippen LogP contribution in [0.2, 0.25) is 0 Å². The average Bonchev–Trinajstić information content (AvgIpc) is 2.12. The zero-order valence-corrected chi connectivity index (χ0v) is 7.79. The monoisotopic (exact) mass is 219 g/mol. The summed E-state index contributed by atoms with van der Waals surface area (Å²) in [6.45, 7) is 1.24.